The standard InChI is InChI=1S/C69H73BN2/c1-65(2,3)49-29-33-52(34-30-49)71-60-36-32-51(67(7,8)9)41-57(60)70-58-42-55-56(69(12,13)44-68(55,10)11)43-61(58)72(59-35-31-50(66(4,5)6)40-54(59)47-27-21-16-22-28-47)63-39-48(38-62(71)64(63)70)53(46-25-19-15-20-26-46)37-45-23-17-14-18-24-45/h14-36,38-43,53H,37,44H2,1-13H3. The van der Waals surface area contributed by atoms with Gasteiger partial charge >= 0.3 is 0 Å². The number of hydrogen-bond acceptors (Lipinski definition) is 2. The molecule has 72 heavy (non-hydrogen) atoms. The van der Waals surface area contributed by atoms with Crippen LogP contribution in [0.25, 0.3) is 11.1 Å². The number of anilines is 6. The molecule has 2 nitrogen and oxygen atoms in total. The summed E-state index contributed by atoms with van der Waals surface area (Å²) in [4.78, 5) is 5.34. The van der Waals surface area contributed by atoms with Crippen molar-refractivity contribution in [2.45, 2.75) is 136 Å². The van der Waals surface area contributed by atoms with Crippen LogP contribution in [0.5, 0.6) is 0 Å². The zero-order valence-electron chi connectivity index (χ0n) is 45.2. The van der Waals surface area contributed by atoms with E-state index in [-0.39, 0.29) is 39.7 Å². The molecule has 3 aliphatic rings. The van der Waals surface area contributed by atoms with Crippen LogP contribution in [0.1, 0.15) is 147 Å². The molecule has 11 rings (SSSR count). The Bertz CT molecular complexity index is 3340. The second kappa shape index (κ2) is 17.0. The normalized spacial score (nSPS) is 15.9. The third-order valence-electron chi connectivity index (χ3n) is 16.5. The summed E-state index contributed by atoms with van der Waals surface area (Å²) >= 11 is 0. The second-order valence-electron chi connectivity index (χ2n) is 25.8. The lowest BCUT2D eigenvalue weighted by molar-refractivity contribution is 0.403. The van der Waals surface area contributed by atoms with Gasteiger partial charge in [-0.3, -0.25) is 0 Å². The van der Waals surface area contributed by atoms with E-state index in [1.165, 1.54) is 106 Å². The van der Waals surface area contributed by atoms with Crippen molar-refractivity contribution in [1.82, 2.24) is 0 Å². The maximum Gasteiger partial charge on any atom is 0.252 e. The van der Waals surface area contributed by atoms with E-state index in [0.29, 0.717) is 0 Å². The summed E-state index contributed by atoms with van der Waals surface area (Å²) in [6, 6.07) is 68.3. The molecule has 0 aromatic heterocycles. The fourth-order valence-electron chi connectivity index (χ4n) is 12.8. The summed E-state index contributed by atoms with van der Waals surface area (Å²) in [5.41, 5.74) is 24.9. The van der Waals surface area contributed by atoms with Gasteiger partial charge in [0.1, 0.15) is 0 Å². The lowest BCUT2D eigenvalue weighted by Crippen LogP contribution is -2.62. The predicted octanol–water partition coefficient (Wildman–Crippen LogP) is 16.7. The predicted molar refractivity (Wildman–Crippen MR) is 311 cm³/mol. The molecule has 0 saturated carbocycles. The van der Waals surface area contributed by atoms with E-state index < -0.39 is 0 Å². The minimum Gasteiger partial charge on any atom is -0.311 e. The van der Waals surface area contributed by atoms with Gasteiger partial charge in [-0.05, 0) is 155 Å². The molecule has 1 unspecified atom stereocenters. The van der Waals surface area contributed by atoms with Gasteiger partial charge < -0.3 is 9.80 Å². The van der Waals surface area contributed by atoms with Crippen LogP contribution < -0.4 is 26.2 Å². The maximum absolute atomic E-state index is 2.72. The number of rotatable bonds is 7. The van der Waals surface area contributed by atoms with Gasteiger partial charge in [0.15, 0.2) is 0 Å². The third kappa shape index (κ3) is 8.22. The van der Waals surface area contributed by atoms with Gasteiger partial charge in [0.25, 0.3) is 6.71 Å². The fraction of sp³-hybridized carbons (Fsp3) is 0.304. The Hall–Kier alpha value is -6.58. The molecular weight excluding hydrogens is 868 g/mol. The van der Waals surface area contributed by atoms with E-state index >= 15 is 0 Å². The SMILES string of the molecule is CC(C)(C)c1ccc(N2c3ccc(C(C)(C)C)cc3B3c4cc5c(cc4N(c4ccc(C(C)(C)C)cc4-c4ccccc4)c4cc(C(Cc6ccccc6)c6ccccc6)cc2c43)C(C)(C)CC5(C)C)cc1. The molecule has 0 amide bonds. The summed E-state index contributed by atoms with van der Waals surface area (Å²) < 4.78 is 0. The first kappa shape index (κ1) is 47.7. The van der Waals surface area contributed by atoms with Crippen molar-refractivity contribution in [3.63, 3.8) is 0 Å². The van der Waals surface area contributed by atoms with Gasteiger partial charge in [-0.1, -0.05) is 217 Å². The first-order valence-electron chi connectivity index (χ1n) is 26.6. The first-order valence-corrected chi connectivity index (χ1v) is 26.6. The lowest BCUT2D eigenvalue weighted by atomic mass is 9.33. The fourth-order valence-corrected chi connectivity index (χ4v) is 12.8. The molecular formula is C69H73BN2. The second-order valence-corrected chi connectivity index (χ2v) is 25.8. The largest absolute Gasteiger partial charge is 0.311 e. The lowest BCUT2D eigenvalue weighted by Gasteiger charge is -2.46. The molecule has 0 bridgehead atoms. The summed E-state index contributed by atoms with van der Waals surface area (Å²) in [7, 11) is 0. The Morgan fingerprint density at radius 1 is 0.444 bits per heavy atom. The highest BCUT2D eigenvalue weighted by Crippen LogP contribution is 2.54. The zero-order valence-corrected chi connectivity index (χ0v) is 45.2. The van der Waals surface area contributed by atoms with Crippen molar-refractivity contribution >= 4 is 57.2 Å². The monoisotopic (exact) mass is 941 g/mol. The summed E-state index contributed by atoms with van der Waals surface area (Å²) in [6.45, 7) is 30.9. The van der Waals surface area contributed by atoms with Crippen LogP contribution in [-0.2, 0) is 33.5 Å². The minimum atomic E-state index is -0.0472. The van der Waals surface area contributed by atoms with E-state index in [9.17, 15) is 0 Å². The topological polar surface area (TPSA) is 6.48 Å². The number of nitrogens with zero attached hydrogens (tertiary/aromatic N) is 2. The Morgan fingerprint density at radius 2 is 0.944 bits per heavy atom. The van der Waals surface area contributed by atoms with Gasteiger partial charge in [-0.2, -0.15) is 0 Å². The average molecular weight is 941 g/mol. The zero-order chi connectivity index (χ0) is 50.7. The van der Waals surface area contributed by atoms with Crippen molar-refractivity contribution in [3.05, 3.63) is 220 Å². The molecule has 0 spiro atoms. The van der Waals surface area contributed by atoms with Crippen molar-refractivity contribution in [2.75, 3.05) is 9.80 Å². The van der Waals surface area contributed by atoms with E-state index in [1.54, 1.807) is 0 Å². The molecule has 0 radical (unpaired) electrons. The van der Waals surface area contributed by atoms with Crippen molar-refractivity contribution in [3.8, 4) is 11.1 Å². The molecule has 1 atom stereocenters. The van der Waals surface area contributed by atoms with E-state index in [0.717, 1.165) is 12.8 Å². The van der Waals surface area contributed by atoms with Gasteiger partial charge in [0.05, 0.1) is 5.69 Å². The van der Waals surface area contributed by atoms with E-state index in [1.807, 2.05) is 0 Å². The summed E-state index contributed by atoms with van der Waals surface area (Å²) in [5, 5.41) is 0. The highest BCUT2D eigenvalue weighted by molar-refractivity contribution is 7.00. The number of fused-ring (bicyclic) bond motifs is 5. The molecule has 0 saturated heterocycles. The highest BCUT2D eigenvalue weighted by Gasteiger charge is 2.49. The Labute approximate surface area is 432 Å². The average Bonchev–Trinajstić information content (AvgIpc) is 3.53. The van der Waals surface area contributed by atoms with Crippen LogP contribution in [0, 0.1) is 0 Å². The maximum atomic E-state index is 2.72. The Kier molecular flexibility index (Phi) is 11.3. The Morgan fingerprint density at radius 3 is 1.54 bits per heavy atom. The molecule has 0 N–H and O–H groups in total. The van der Waals surface area contributed by atoms with Crippen molar-refractivity contribution in [2.24, 2.45) is 0 Å². The number of hydrogen-bond donors (Lipinski definition) is 0. The third-order valence-corrected chi connectivity index (χ3v) is 16.5. The summed E-state index contributed by atoms with van der Waals surface area (Å²) in [6.07, 6.45) is 1.98. The molecule has 3 heteroatoms. The van der Waals surface area contributed by atoms with Gasteiger partial charge in [-0.15, -0.1) is 0 Å². The number of benzene rings is 8. The van der Waals surface area contributed by atoms with Crippen LogP contribution in [0.2, 0.25) is 0 Å². The van der Waals surface area contributed by atoms with Crippen molar-refractivity contribution in [1.29, 1.82) is 0 Å². The smallest absolute Gasteiger partial charge is 0.252 e. The minimum absolute atomic E-state index is 0.000840. The van der Waals surface area contributed by atoms with Crippen molar-refractivity contribution < 1.29 is 0 Å². The molecule has 2 heterocycles. The van der Waals surface area contributed by atoms with Crippen LogP contribution >= 0.6 is 0 Å². The quantitative estimate of drug-likeness (QED) is 0.147. The van der Waals surface area contributed by atoms with Crippen LogP contribution in [-0.4, -0.2) is 6.71 Å². The molecule has 1 aliphatic carbocycles. The van der Waals surface area contributed by atoms with Crippen LogP contribution in [0.4, 0.5) is 34.1 Å². The first-order chi connectivity index (χ1) is 34.1. The Balaban J connectivity index is 1.31. The molecule has 2 aliphatic heterocycles. The molecule has 362 valence electrons. The van der Waals surface area contributed by atoms with Crippen LogP contribution in [0.15, 0.2) is 176 Å². The molecule has 8 aromatic carbocycles. The van der Waals surface area contributed by atoms with Gasteiger partial charge in [-0.25, -0.2) is 0 Å². The van der Waals surface area contributed by atoms with Gasteiger partial charge in [0.2, 0.25) is 0 Å². The molecule has 0 fully saturated rings. The summed E-state index contributed by atoms with van der Waals surface area (Å²) in [5.74, 6) is 0.0863. The van der Waals surface area contributed by atoms with E-state index in [2.05, 4.69) is 276 Å². The molecule has 8 aromatic rings. The highest BCUT2D eigenvalue weighted by atomic mass is 15.2. The van der Waals surface area contributed by atoms with E-state index in [4.69, 9.17) is 0 Å². The van der Waals surface area contributed by atoms with Crippen LogP contribution in [0.3, 0.4) is 0 Å². The van der Waals surface area contributed by atoms with Gasteiger partial charge in [0, 0.05) is 39.9 Å².